The van der Waals surface area contributed by atoms with Crippen LogP contribution in [0.2, 0.25) is 0 Å². The number of hydrogen-bond acceptors (Lipinski definition) is 0. The molecule has 0 heterocycles. The Kier molecular flexibility index (Phi) is 43.1. The average molecular weight is 227 g/mol. The molecular formula is C4H8Rb2. The van der Waals surface area contributed by atoms with Gasteiger partial charge in [0.15, 0.2) is 0 Å². The summed E-state index contributed by atoms with van der Waals surface area (Å²) in [5, 5.41) is 0. The summed E-state index contributed by atoms with van der Waals surface area (Å²) in [5.74, 6) is 0. The minimum atomic E-state index is 0. The Bertz CT molecular complexity index is 7.51. The third-order valence-electron chi connectivity index (χ3n) is 0.250. The first-order chi connectivity index (χ1) is 1.91. The van der Waals surface area contributed by atoms with E-state index >= 15 is 0 Å². The summed E-state index contributed by atoms with van der Waals surface area (Å²) in [6.45, 7) is 7.08. The molecular weight excluding hydrogens is 219 g/mol. The van der Waals surface area contributed by atoms with Crippen LogP contribution in [0, 0.1) is 13.8 Å². The van der Waals surface area contributed by atoms with Crippen LogP contribution in [-0.4, -0.2) is 0 Å². The summed E-state index contributed by atoms with van der Waals surface area (Å²) >= 11 is 0. The van der Waals surface area contributed by atoms with Gasteiger partial charge in [-0.05, 0) is 0 Å². The van der Waals surface area contributed by atoms with E-state index in [1.54, 1.807) is 0 Å². The molecule has 0 aromatic rings. The van der Waals surface area contributed by atoms with Gasteiger partial charge in [-0.15, -0.1) is 0 Å². The Morgan fingerprint density at radius 3 is 1.00 bits per heavy atom. The minimum absolute atomic E-state index is 0. The van der Waals surface area contributed by atoms with Crippen LogP contribution in [0.25, 0.3) is 0 Å². The first-order valence-electron chi connectivity index (χ1n) is 1.50. The molecule has 0 radical (unpaired) electrons. The van der Waals surface area contributed by atoms with Gasteiger partial charge < -0.3 is 13.8 Å². The number of hydrogen-bond donors (Lipinski definition) is 0. The monoisotopic (exact) mass is 226 g/mol. The van der Waals surface area contributed by atoms with Crippen LogP contribution in [0.4, 0.5) is 0 Å². The largest absolute Gasteiger partial charge is 1.00 e. The van der Waals surface area contributed by atoms with Crippen LogP contribution in [0.1, 0.15) is 12.8 Å². The second kappa shape index (κ2) is 15.8. The first-order valence-corrected chi connectivity index (χ1v) is 1.50. The molecule has 0 aliphatic rings. The summed E-state index contributed by atoms with van der Waals surface area (Å²) in [7, 11) is 0. The van der Waals surface area contributed by atoms with Gasteiger partial charge in [-0.2, -0.15) is 0 Å². The van der Waals surface area contributed by atoms with Crippen molar-refractivity contribution in [1.29, 1.82) is 0 Å². The molecule has 0 N–H and O–H groups in total. The van der Waals surface area contributed by atoms with Crippen LogP contribution < -0.4 is 116 Å². The maximum atomic E-state index is 3.54. The van der Waals surface area contributed by atoms with Crippen molar-refractivity contribution in [2.75, 3.05) is 0 Å². The smallest absolute Gasteiger partial charge is 0.346 e. The van der Waals surface area contributed by atoms with Gasteiger partial charge in [-0.3, -0.25) is 0 Å². The van der Waals surface area contributed by atoms with Gasteiger partial charge in [0, 0.05) is 0 Å². The van der Waals surface area contributed by atoms with Crippen molar-refractivity contribution in [3.8, 4) is 0 Å². The Hall–Kier alpha value is 3.61. The molecule has 0 aromatic carbocycles. The zero-order valence-corrected chi connectivity index (χ0v) is 14.7. The molecule has 0 amide bonds. The second-order valence-electron chi connectivity index (χ2n) is 0.707. The SMILES string of the molecule is [CH2-]CC[CH2-].[Rb+].[Rb+]. The Labute approximate surface area is 138 Å². The summed E-state index contributed by atoms with van der Waals surface area (Å²) in [5.41, 5.74) is 0. The van der Waals surface area contributed by atoms with Crippen molar-refractivity contribution in [3.63, 3.8) is 0 Å². The van der Waals surface area contributed by atoms with Gasteiger partial charge in [-0.25, -0.2) is 12.8 Å². The van der Waals surface area contributed by atoms with Gasteiger partial charge in [0.05, 0.1) is 0 Å². The number of rotatable bonds is 1. The molecule has 0 atom stereocenters. The maximum absolute atomic E-state index is 3.54. The van der Waals surface area contributed by atoms with E-state index in [9.17, 15) is 0 Å². The van der Waals surface area contributed by atoms with Crippen LogP contribution in [-0.2, 0) is 0 Å². The van der Waals surface area contributed by atoms with Crippen molar-refractivity contribution in [3.05, 3.63) is 13.8 Å². The molecule has 0 spiro atoms. The third kappa shape index (κ3) is 15.6. The molecule has 0 aliphatic carbocycles. The summed E-state index contributed by atoms with van der Waals surface area (Å²) in [6, 6.07) is 0. The van der Waals surface area contributed by atoms with Crippen LogP contribution in [0.3, 0.4) is 0 Å². The van der Waals surface area contributed by atoms with E-state index in [1.807, 2.05) is 0 Å². The van der Waals surface area contributed by atoms with Crippen molar-refractivity contribution in [2.24, 2.45) is 0 Å². The van der Waals surface area contributed by atoms with E-state index in [0.29, 0.717) is 0 Å². The van der Waals surface area contributed by atoms with E-state index in [-0.39, 0.29) is 116 Å². The van der Waals surface area contributed by atoms with E-state index in [0.717, 1.165) is 12.8 Å². The van der Waals surface area contributed by atoms with Crippen molar-refractivity contribution >= 4 is 0 Å². The van der Waals surface area contributed by atoms with E-state index in [2.05, 4.69) is 13.8 Å². The fraction of sp³-hybridized carbons (Fsp3) is 0.500. The van der Waals surface area contributed by atoms with E-state index in [1.165, 1.54) is 0 Å². The molecule has 0 saturated carbocycles. The zero-order valence-electron chi connectivity index (χ0n) is 4.83. The molecule has 0 aromatic heterocycles. The van der Waals surface area contributed by atoms with Crippen LogP contribution in [0.5, 0.6) is 0 Å². The topological polar surface area (TPSA) is 0 Å². The van der Waals surface area contributed by atoms with Crippen molar-refractivity contribution in [1.82, 2.24) is 0 Å². The molecule has 0 aliphatic heterocycles. The molecule has 2 heteroatoms. The summed E-state index contributed by atoms with van der Waals surface area (Å²) in [4.78, 5) is 0. The van der Waals surface area contributed by atoms with Crippen LogP contribution >= 0.6 is 0 Å². The fourth-order valence-electron chi connectivity index (χ4n) is 0. The minimum Gasteiger partial charge on any atom is -0.346 e. The Balaban J connectivity index is -0.0000000450. The van der Waals surface area contributed by atoms with E-state index in [4.69, 9.17) is 0 Å². The average Bonchev–Trinajstić information content (AvgIpc) is 1.37. The Morgan fingerprint density at radius 2 is 1.00 bits per heavy atom. The first kappa shape index (κ1) is 16.3. The van der Waals surface area contributed by atoms with Gasteiger partial charge in [0.25, 0.3) is 0 Å². The van der Waals surface area contributed by atoms with E-state index < -0.39 is 0 Å². The van der Waals surface area contributed by atoms with Crippen molar-refractivity contribution in [2.45, 2.75) is 12.8 Å². The number of unbranched alkanes of at least 4 members (excludes halogenated alkanes) is 1. The normalized spacial score (nSPS) is 5.00. The Morgan fingerprint density at radius 1 is 0.833 bits per heavy atom. The summed E-state index contributed by atoms with van der Waals surface area (Å²) in [6.07, 6.45) is 1.92. The predicted octanol–water partition coefficient (Wildman–Crippen LogP) is -4.56. The fourth-order valence-corrected chi connectivity index (χ4v) is 0. The standard InChI is InChI=1S/C4H8.2Rb/c1-3-4-2;;/h1-4H2;;/q-2;2*+1. The molecule has 0 saturated heterocycles. The van der Waals surface area contributed by atoms with Gasteiger partial charge in [-0.1, -0.05) is 0 Å². The van der Waals surface area contributed by atoms with Gasteiger partial charge in [0.2, 0.25) is 0 Å². The molecule has 0 fully saturated rings. The molecule has 0 bridgehead atoms. The third-order valence-corrected chi connectivity index (χ3v) is 0.250. The zero-order chi connectivity index (χ0) is 3.41. The molecule has 0 unspecified atom stereocenters. The molecule has 6 heavy (non-hydrogen) atoms. The van der Waals surface area contributed by atoms with Gasteiger partial charge >= 0.3 is 116 Å². The quantitative estimate of drug-likeness (QED) is 0.396. The summed E-state index contributed by atoms with van der Waals surface area (Å²) < 4.78 is 0. The maximum Gasteiger partial charge on any atom is 1.00 e. The van der Waals surface area contributed by atoms with Gasteiger partial charge in [0.1, 0.15) is 0 Å². The molecule has 0 rings (SSSR count). The second-order valence-corrected chi connectivity index (χ2v) is 0.707. The van der Waals surface area contributed by atoms with Crippen molar-refractivity contribution < 1.29 is 116 Å². The molecule has 26 valence electrons. The molecule has 0 nitrogen and oxygen atoms in total. The predicted molar refractivity (Wildman–Crippen MR) is 19.9 cm³/mol. The van der Waals surface area contributed by atoms with Crippen LogP contribution in [0.15, 0.2) is 0 Å².